The van der Waals surface area contributed by atoms with E-state index in [1.807, 2.05) is 24.9 Å². The average molecular weight is 509 g/mol. The molecule has 0 spiro atoms. The Balaban J connectivity index is 0.00000392. The van der Waals surface area contributed by atoms with Crippen molar-refractivity contribution in [3.63, 3.8) is 0 Å². The van der Waals surface area contributed by atoms with E-state index in [-0.39, 0.29) is 35.5 Å². The van der Waals surface area contributed by atoms with Crippen LogP contribution in [0.5, 0.6) is 5.75 Å². The summed E-state index contributed by atoms with van der Waals surface area (Å²) in [4.78, 5) is 6.63. The third kappa shape index (κ3) is 8.48. The van der Waals surface area contributed by atoms with Crippen molar-refractivity contribution in [1.29, 1.82) is 0 Å². The number of nitrogens with one attached hydrogen (secondary N) is 1. The molecule has 0 bridgehead atoms. The molecule has 8 heteroatoms. The first-order valence-corrected chi connectivity index (χ1v) is 9.61. The van der Waals surface area contributed by atoms with Gasteiger partial charge in [-0.3, -0.25) is 4.99 Å². The summed E-state index contributed by atoms with van der Waals surface area (Å²) in [6, 6.07) is 5.01. The molecule has 160 valence electrons. The van der Waals surface area contributed by atoms with Gasteiger partial charge < -0.3 is 24.4 Å². The second-order valence-electron chi connectivity index (χ2n) is 6.72. The number of rotatable bonds is 10. The molecule has 1 heterocycles. The van der Waals surface area contributed by atoms with E-state index in [9.17, 15) is 4.39 Å². The molecule has 1 saturated heterocycles. The van der Waals surface area contributed by atoms with Gasteiger partial charge in [-0.25, -0.2) is 4.39 Å². The van der Waals surface area contributed by atoms with Gasteiger partial charge in [0.2, 0.25) is 0 Å². The predicted octanol–water partition coefficient (Wildman–Crippen LogP) is 3.29. The number of nitrogens with zero attached hydrogens (tertiary/aromatic N) is 2. The highest BCUT2D eigenvalue weighted by molar-refractivity contribution is 14.0. The molecular formula is C20H33FIN3O3. The van der Waals surface area contributed by atoms with E-state index in [0.29, 0.717) is 25.6 Å². The van der Waals surface area contributed by atoms with Gasteiger partial charge in [0.25, 0.3) is 0 Å². The summed E-state index contributed by atoms with van der Waals surface area (Å²) in [5.41, 5.74) is 0.864. The van der Waals surface area contributed by atoms with Crippen LogP contribution in [-0.4, -0.2) is 64.5 Å². The summed E-state index contributed by atoms with van der Waals surface area (Å²) in [5, 5.41) is 3.28. The van der Waals surface area contributed by atoms with Gasteiger partial charge in [0.05, 0.1) is 20.3 Å². The van der Waals surface area contributed by atoms with Gasteiger partial charge in [-0.1, -0.05) is 6.07 Å². The second-order valence-corrected chi connectivity index (χ2v) is 6.72. The molecule has 1 N–H and O–H groups in total. The van der Waals surface area contributed by atoms with Gasteiger partial charge in [-0.05, 0) is 37.5 Å². The van der Waals surface area contributed by atoms with Crippen LogP contribution in [0.1, 0.15) is 25.3 Å². The quantitative estimate of drug-likeness (QED) is 0.227. The van der Waals surface area contributed by atoms with E-state index in [2.05, 4.69) is 10.3 Å². The lowest BCUT2D eigenvalue weighted by molar-refractivity contribution is 0.0893. The summed E-state index contributed by atoms with van der Waals surface area (Å²) >= 11 is 0. The molecule has 0 amide bonds. The van der Waals surface area contributed by atoms with Crippen LogP contribution in [0.15, 0.2) is 23.2 Å². The van der Waals surface area contributed by atoms with Crippen molar-refractivity contribution in [3.05, 3.63) is 29.6 Å². The molecule has 0 radical (unpaired) electrons. The highest BCUT2D eigenvalue weighted by atomic mass is 127. The number of hydrogen-bond acceptors (Lipinski definition) is 4. The normalized spacial score (nSPS) is 16.6. The maximum atomic E-state index is 13.9. The zero-order valence-electron chi connectivity index (χ0n) is 17.1. The van der Waals surface area contributed by atoms with Gasteiger partial charge in [0, 0.05) is 45.8 Å². The van der Waals surface area contributed by atoms with Crippen molar-refractivity contribution in [2.75, 3.05) is 53.7 Å². The van der Waals surface area contributed by atoms with Crippen molar-refractivity contribution < 1.29 is 18.6 Å². The fraction of sp³-hybridized carbons (Fsp3) is 0.650. The minimum atomic E-state index is -0.352. The number of ether oxygens (including phenoxy) is 3. The third-order valence-corrected chi connectivity index (χ3v) is 4.42. The Kier molecular flexibility index (Phi) is 12.4. The number of methoxy groups -OCH3 is 1. The Morgan fingerprint density at radius 2 is 2.25 bits per heavy atom. The maximum absolute atomic E-state index is 13.9. The fourth-order valence-corrected chi connectivity index (χ4v) is 2.94. The number of aliphatic imine (C=N–C) groups is 1. The highest BCUT2D eigenvalue weighted by Gasteiger charge is 2.15. The number of hydrogen-bond donors (Lipinski definition) is 1. The van der Waals surface area contributed by atoms with Gasteiger partial charge >= 0.3 is 0 Å². The minimum absolute atomic E-state index is 0. The lowest BCUT2D eigenvalue weighted by atomic mass is 10.1. The van der Waals surface area contributed by atoms with Gasteiger partial charge in [0.15, 0.2) is 17.5 Å². The van der Waals surface area contributed by atoms with Crippen LogP contribution in [0, 0.1) is 11.7 Å². The summed E-state index contributed by atoms with van der Waals surface area (Å²) in [6.45, 7) is 7.20. The smallest absolute Gasteiger partial charge is 0.193 e. The number of guanidine groups is 1. The van der Waals surface area contributed by atoms with E-state index < -0.39 is 0 Å². The molecule has 0 saturated carbocycles. The first kappa shape index (κ1) is 24.9. The van der Waals surface area contributed by atoms with Gasteiger partial charge in [-0.2, -0.15) is 0 Å². The Bertz CT molecular complexity index is 598. The van der Waals surface area contributed by atoms with Crippen molar-refractivity contribution in [2.45, 2.75) is 26.3 Å². The monoisotopic (exact) mass is 509 g/mol. The molecule has 1 atom stereocenters. The topological polar surface area (TPSA) is 55.3 Å². The first-order chi connectivity index (χ1) is 13.1. The van der Waals surface area contributed by atoms with Crippen LogP contribution < -0.4 is 10.1 Å². The zero-order valence-corrected chi connectivity index (χ0v) is 19.4. The molecule has 1 fully saturated rings. The summed E-state index contributed by atoms with van der Waals surface area (Å²) < 4.78 is 29.9. The fourth-order valence-electron chi connectivity index (χ4n) is 2.94. The Hall–Kier alpha value is -1.13. The second kappa shape index (κ2) is 13.9. The van der Waals surface area contributed by atoms with Crippen molar-refractivity contribution in [1.82, 2.24) is 10.2 Å². The van der Waals surface area contributed by atoms with Crippen molar-refractivity contribution >= 4 is 29.9 Å². The molecule has 1 aliphatic heterocycles. The molecule has 0 aromatic heterocycles. The molecular weight excluding hydrogens is 476 g/mol. The van der Waals surface area contributed by atoms with E-state index in [1.165, 1.54) is 13.2 Å². The van der Waals surface area contributed by atoms with Crippen LogP contribution >= 0.6 is 24.0 Å². The molecule has 1 aromatic rings. The molecule has 28 heavy (non-hydrogen) atoms. The van der Waals surface area contributed by atoms with Crippen LogP contribution in [0.3, 0.4) is 0 Å². The van der Waals surface area contributed by atoms with E-state index in [1.54, 1.807) is 6.07 Å². The standard InChI is InChI=1S/C20H32FN3O3.HI/c1-4-22-20(23-9-5-10-26-14-17-8-11-27-15-17)24(2)13-16-6-7-19(25-3)18(21)12-16;/h6-7,12,17H,4-5,8-11,13-15H2,1-3H3,(H,22,23);1H. The lowest BCUT2D eigenvalue weighted by Gasteiger charge is -2.22. The summed E-state index contributed by atoms with van der Waals surface area (Å²) in [5.74, 6) is 1.25. The number of benzene rings is 1. The zero-order chi connectivity index (χ0) is 19.5. The van der Waals surface area contributed by atoms with E-state index >= 15 is 0 Å². The SMILES string of the molecule is CCNC(=NCCCOCC1CCOC1)N(C)Cc1ccc(OC)c(F)c1.I. The van der Waals surface area contributed by atoms with Crippen molar-refractivity contribution in [2.24, 2.45) is 10.9 Å². The Labute approximate surface area is 184 Å². The van der Waals surface area contributed by atoms with E-state index in [0.717, 1.165) is 50.7 Å². The molecule has 1 unspecified atom stereocenters. The average Bonchev–Trinajstić information content (AvgIpc) is 3.17. The lowest BCUT2D eigenvalue weighted by Crippen LogP contribution is -2.38. The first-order valence-electron chi connectivity index (χ1n) is 9.61. The largest absolute Gasteiger partial charge is 0.494 e. The molecule has 1 aromatic carbocycles. The van der Waals surface area contributed by atoms with Gasteiger partial charge in [0.1, 0.15) is 0 Å². The predicted molar refractivity (Wildman–Crippen MR) is 120 cm³/mol. The molecule has 1 aliphatic rings. The molecule has 6 nitrogen and oxygen atoms in total. The Morgan fingerprint density at radius 1 is 1.43 bits per heavy atom. The third-order valence-electron chi connectivity index (χ3n) is 4.42. The highest BCUT2D eigenvalue weighted by Crippen LogP contribution is 2.18. The van der Waals surface area contributed by atoms with Crippen LogP contribution in [0.2, 0.25) is 0 Å². The van der Waals surface area contributed by atoms with Crippen molar-refractivity contribution in [3.8, 4) is 5.75 Å². The molecule has 2 rings (SSSR count). The van der Waals surface area contributed by atoms with Crippen LogP contribution in [0.4, 0.5) is 4.39 Å². The molecule has 0 aliphatic carbocycles. The summed E-state index contributed by atoms with van der Waals surface area (Å²) in [7, 11) is 3.41. The summed E-state index contributed by atoms with van der Waals surface area (Å²) in [6.07, 6.45) is 1.97. The van der Waals surface area contributed by atoms with Crippen LogP contribution in [-0.2, 0) is 16.0 Å². The number of halogens is 2. The van der Waals surface area contributed by atoms with Gasteiger partial charge in [-0.15, -0.1) is 24.0 Å². The minimum Gasteiger partial charge on any atom is -0.494 e. The maximum Gasteiger partial charge on any atom is 0.193 e. The van der Waals surface area contributed by atoms with E-state index in [4.69, 9.17) is 14.2 Å². The Morgan fingerprint density at radius 3 is 2.89 bits per heavy atom. The van der Waals surface area contributed by atoms with Crippen LogP contribution in [0.25, 0.3) is 0 Å².